The lowest BCUT2D eigenvalue weighted by molar-refractivity contribution is -0.123. The Morgan fingerprint density at radius 3 is 2.86 bits per heavy atom. The van der Waals surface area contributed by atoms with Gasteiger partial charge in [-0.15, -0.1) is 0 Å². The zero-order valence-corrected chi connectivity index (χ0v) is 8.49. The topological polar surface area (TPSA) is 68.3 Å². The SMILES string of the molecule is CC(C)C(N)C(=O)NCc1ccco1. The molecule has 1 amide bonds. The van der Waals surface area contributed by atoms with E-state index in [1.807, 2.05) is 13.8 Å². The molecule has 0 aromatic carbocycles. The molecule has 1 atom stereocenters. The number of amides is 1. The standard InChI is InChI=1S/C10H16N2O2/c1-7(2)9(11)10(13)12-6-8-4-3-5-14-8/h3-5,7,9H,6,11H2,1-2H3,(H,12,13). The maximum absolute atomic E-state index is 11.4. The van der Waals surface area contributed by atoms with Gasteiger partial charge >= 0.3 is 0 Å². The smallest absolute Gasteiger partial charge is 0.237 e. The fourth-order valence-electron chi connectivity index (χ4n) is 1.01. The Morgan fingerprint density at radius 1 is 1.64 bits per heavy atom. The third-order valence-electron chi connectivity index (χ3n) is 2.04. The molecule has 1 heterocycles. The summed E-state index contributed by atoms with van der Waals surface area (Å²) in [5.74, 6) is 0.734. The number of nitrogens with one attached hydrogen (secondary N) is 1. The van der Waals surface area contributed by atoms with Crippen molar-refractivity contribution in [2.45, 2.75) is 26.4 Å². The van der Waals surface area contributed by atoms with E-state index in [1.165, 1.54) is 0 Å². The lowest BCUT2D eigenvalue weighted by atomic mass is 10.1. The van der Waals surface area contributed by atoms with Crippen molar-refractivity contribution in [3.8, 4) is 0 Å². The van der Waals surface area contributed by atoms with Crippen LogP contribution < -0.4 is 11.1 Å². The van der Waals surface area contributed by atoms with Crippen LogP contribution in [0.2, 0.25) is 0 Å². The molecule has 78 valence electrons. The minimum absolute atomic E-state index is 0.142. The molecule has 14 heavy (non-hydrogen) atoms. The van der Waals surface area contributed by atoms with Crippen molar-refractivity contribution < 1.29 is 9.21 Å². The Morgan fingerprint density at radius 2 is 2.36 bits per heavy atom. The number of hydrogen-bond donors (Lipinski definition) is 2. The van der Waals surface area contributed by atoms with Gasteiger partial charge in [0.15, 0.2) is 0 Å². The highest BCUT2D eigenvalue weighted by Crippen LogP contribution is 2.01. The minimum atomic E-state index is -0.454. The molecule has 1 unspecified atom stereocenters. The van der Waals surface area contributed by atoms with Crippen LogP contribution in [0.3, 0.4) is 0 Å². The van der Waals surface area contributed by atoms with Gasteiger partial charge in [0, 0.05) is 0 Å². The maximum atomic E-state index is 11.4. The summed E-state index contributed by atoms with van der Waals surface area (Å²) in [7, 11) is 0. The first kappa shape index (κ1) is 10.8. The Labute approximate surface area is 83.5 Å². The molecule has 4 nitrogen and oxygen atoms in total. The monoisotopic (exact) mass is 196 g/mol. The molecule has 0 bridgehead atoms. The van der Waals surface area contributed by atoms with E-state index in [4.69, 9.17) is 10.2 Å². The van der Waals surface area contributed by atoms with E-state index < -0.39 is 6.04 Å². The Bertz CT molecular complexity index is 280. The molecule has 4 heteroatoms. The number of furan rings is 1. The number of rotatable bonds is 4. The van der Waals surface area contributed by atoms with Crippen molar-refractivity contribution in [3.05, 3.63) is 24.2 Å². The maximum Gasteiger partial charge on any atom is 0.237 e. The second kappa shape index (κ2) is 4.81. The molecule has 0 spiro atoms. The molecular formula is C10H16N2O2. The van der Waals surface area contributed by atoms with Crippen LogP contribution in [0.5, 0.6) is 0 Å². The summed E-state index contributed by atoms with van der Waals surface area (Å²) in [6.45, 7) is 4.22. The zero-order valence-electron chi connectivity index (χ0n) is 8.49. The van der Waals surface area contributed by atoms with Gasteiger partial charge in [-0.05, 0) is 18.1 Å². The van der Waals surface area contributed by atoms with Gasteiger partial charge in [0.25, 0.3) is 0 Å². The summed E-state index contributed by atoms with van der Waals surface area (Å²) in [6, 6.07) is 3.13. The van der Waals surface area contributed by atoms with Crippen molar-refractivity contribution >= 4 is 5.91 Å². The van der Waals surface area contributed by atoms with E-state index in [1.54, 1.807) is 18.4 Å². The molecule has 3 N–H and O–H groups in total. The van der Waals surface area contributed by atoms with Crippen LogP contribution in [0.1, 0.15) is 19.6 Å². The van der Waals surface area contributed by atoms with Crippen LogP contribution in [0, 0.1) is 5.92 Å². The molecule has 0 radical (unpaired) electrons. The molecule has 0 saturated heterocycles. The van der Waals surface area contributed by atoms with Gasteiger partial charge in [-0.3, -0.25) is 4.79 Å². The van der Waals surface area contributed by atoms with Crippen molar-refractivity contribution in [2.24, 2.45) is 11.7 Å². The van der Waals surface area contributed by atoms with Crippen LogP contribution in [-0.4, -0.2) is 11.9 Å². The zero-order chi connectivity index (χ0) is 10.6. The van der Waals surface area contributed by atoms with Crippen LogP contribution in [0.25, 0.3) is 0 Å². The highest BCUT2D eigenvalue weighted by molar-refractivity contribution is 5.81. The van der Waals surface area contributed by atoms with Gasteiger partial charge in [-0.2, -0.15) is 0 Å². The van der Waals surface area contributed by atoms with Crippen molar-refractivity contribution in [1.82, 2.24) is 5.32 Å². The summed E-state index contributed by atoms with van der Waals surface area (Å²) in [5.41, 5.74) is 5.66. The number of hydrogen-bond acceptors (Lipinski definition) is 3. The molecule has 0 saturated carbocycles. The summed E-state index contributed by atoms with van der Waals surface area (Å²) in [5, 5.41) is 2.71. The van der Waals surface area contributed by atoms with Crippen LogP contribution >= 0.6 is 0 Å². The predicted octanol–water partition coefficient (Wildman–Crippen LogP) is 0.879. The van der Waals surface area contributed by atoms with E-state index in [2.05, 4.69) is 5.32 Å². The second-order valence-electron chi connectivity index (χ2n) is 3.57. The quantitative estimate of drug-likeness (QED) is 0.751. The molecule has 0 fully saturated rings. The first-order valence-electron chi connectivity index (χ1n) is 4.67. The third kappa shape index (κ3) is 2.88. The summed E-state index contributed by atoms with van der Waals surface area (Å²) < 4.78 is 5.07. The fourth-order valence-corrected chi connectivity index (χ4v) is 1.01. The number of carbonyl (C=O) groups is 1. The van der Waals surface area contributed by atoms with Gasteiger partial charge in [0.1, 0.15) is 5.76 Å². The molecule has 1 aromatic heterocycles. The number of nitrogens with two attached hydrogens (primary N) is 1. The lowest BCUT2D eigenvalue weighted by Gasteiger charge is -2.14. The molecule has 0 aliphatic rings. The average Bonchev–Trinajstić information content (AvgIpc) is 2.65. The molecule has 1 aromatic rings. The average molecular weight is 196 g/mol. The largest absolute Gasteiger partial charge is 0.467 e. The van der Waals surface area contributed by atoms with Crippen molar-refractivity contribution in [2.75, 3.05) is 0 Å². The van der Waals surface area contributed by atoms with Gasteiger partial charge in [0.05, 0.1) is 18.8 Å². The highest BCUT2D eigenvalue weighted by Gasteiger charge is 2.16. The van der Waals surface area contributed by atoms with Gasteiger partial charge in [-0.1, -0.05) is 13.8 Å². The first-order valence-corrected chi connectivity index (χ1v) is 4.67. The van der Waals surface area contributed by atoms with E-state index in [0.717, 1.165) is 5.76 Å². The number of carbonyl (C=O) groups excluding carboxylic acids is 1. The predicted molar refractivity (Wildman–Crippen MR) is 53.4 cm³/mol. The van der Waals surface area contributed by atoms with Gasteiger partial charge < -0.3 is 15.5 Å². The second-order valence-corrected chi connectivity index (χ2v) is 3.57. The Balaban J connectivity index is 2.35. The summed E-state index contributed by atoms with van der Waals surface area (Å²) in [6.07, 6.45) is 1.57. The lowest BCUT2D eigenvalue weighted by Crippen LogP contribution is -2.43. The van der Waals surface area contributed by atoms with Crippen molar-refractivity contribution in [3.63, 3.8) is 0 Å². The van der Waals surface area contributed by atoms with E-state index in [-0.39, 0.29) is 11.8 Å². The third-order valence-corrected chi connectivity index (χ3v) is 2.04. The van der Waals surface area contributed by atoms with Crippen molar-refractivity contribution in [1.29, 1.82) is 0 Å². The van der Waals surface area contributed by atoms with E-state index in [9.17, 15) is 4.79 Å². The summed E-state index contributed by atoms with van der Waals surface area (Å²) in [4.78, 5) is 11.4. The van der Waals surface area contributed by atoms with Crippen LogP contribution in [-0.2, 0) is 11.3 Å². The molecular weight excluding hydrogens is 180 g/mol. The Kier molecular flexibility index (Phi) is 3.71. The van der Waals surface area contributed by atoms with Gasteiger partial charge in [0.2, 0.25) is 5.91 Å². The van der Waals surface area contributed by atoms with Crippen LogP contribution in [0.4, 0.5) is 0 Å². The molecule has 0 aliphatic heterocycles. The molecule has 1 rings (SSSR count). The highest BCUT2D eigenvalue weighted by atomic mass is 16.3. The Hall–Kier alpha value is -1.29. The van der Waals surface area contributed by atoms with Gasteiger partial charge in [-0.25, -0.2) is 0 Å². The molecule has 0 aliphatic carbocycles. The minimum Gasteiger partial charge on any atom is -0.467 e. The van der Waals surface area contributed by atoms with E-state index in [0.29, 0.717) is 6.54 Å². The van der Waals surface area contributed by atoms with Crippen LogP contribution in [0.15, 0.2) is 22.8 Å². The fraction of sp³-hybridized carbons (Fsp3) is 0.500. The van der Waals surface area contributed by atoms with E-state index >= 15 is 0 Å². The normalized spacial score (nSPS) is 12.9. The first-order chi connectivity index (χ1) is 6.61. The summed E-state index contributed by atoms with van der Waals surface area (Å²) >= 11 is 0.